The molecule has 6 nitrogen and oxygen atoms in total. The normalized spacial score (nSPS) is 13.2. The molecule has 2 heterocycles. The Kier molecular flexibility index (Phi) is 3.60. The first-order valence-electron chi connectivity index (χ1n) is 5.13. The number of nitrogens with zero attached hydrogens (tertiary/aromatic N) is 2. The quantitative estimate of drug-likeness (QED) is 0.883. The SMILES string of the molecule is CC(N)c1csc(NS(=O)(=O)c2cccnc2)n1. The topological polar surface area (TPSA) is 98.0 Å². The van der Waals surface area contributed by atoms with Crippen LogP contribution in [0.3, 0.4) is 0 Å². The molecule has 0 aliphatic heterocycles. The van der Waals surface area contributed by atoms with Crippen LogP contribution in [0.15, 0.2) is 34.8 Å². The molecule has 0 radical (unpaired) electrons. The van der Waals surface area contributed by atoms with Gasteiger partial charge in [0.15, 0.2) is 5.13 Å². The third-order valence-electron chi connectivity index (χ3n) is 2.15. The van der Waals surface area contributed by atoms with Crippen LogP contribution in [0.25, 0.3) is 0 Å². The minimum atomic E-state index is -3.63. The number of nitrogens with one attached hydrogen (secondary N) is 1. The molecule has 0 aromatic carbocycles. The largest absolute Gasteiger partial charge is 0.323 e. The van der Waals surface area contributed by atoms with Crippen LogP contribution in [0, 0.1) is 0 Å². The molecule has 8 heteroatoms. The summed E-state index contributed by atoms with van der Waals surface area (Å²) >= 11 is 1.20. The Morgan fingerprint density at radius 3 is 2.83 bits per heavy atom. The molecule has 2 aromatic heterocycles. The molecule has 2 aromatic rings. The predicted molar refractivity (Wildman–Crippen MR) is 69.8 cm³/mol. The Hall–Kier alpha value is -1.51. The number of thiazole rings is 1. The minimum Gasteiger partial charge on any atom is -0.323 e. The Morgan fingerprint density at radius 2 is 2.28 bits per heavy atom. The molecule has 0 amide bonds. The van der Waals surface area contributed by atoms with Crippen LogP contribution < -0.4 is 10.5 Å². The van der Waals surface area contributed by atoms with Gasteiger partial charge in [0, 0.05) is 23.8 Å². The van der Waals surface area contributed by atoms with E-state index in [4.69, 9.17) is 5.73 Å². The van der Waals surface area contributed by atoms with Crippen molar-refractivity contribution in [3.63, 3.8) is 0 Å². The third kappa shape index (κ3) is 2.84. The van der Waals surface area contributed by atoms with E-state index in [1.807, 2.05) is 0 Å². The molecular formula is C10H12N4O2S2. The van der Waals surface area contributed by atoms with E-state index in [-0.39, 0.29) is 10.9 Å². The smallest absolute Gasteiger partial charge is 0.265 e. The lowest BCUT2D eigenvalue weighted by atomic mass is 10.3. The predicted octanol–water partition coefficient (Wildman–Crippen LogP) is 1.36. The van der Waals surface area contributed by atoms with E-state index in [0.717, 1.165) is 0 Å². The van der Waals surface area contributed by atoms with Crippen molar-refractivity contribution in [3.8, 4) is 0 Å². The first-order chi connectivity index (χ1) is 8.49. The van der Waals surface area contributed by atoms with Crippen molar-refractivity contribution in [1.82, 2.24) is 9.97 Å². The highest BCUT2D eigenvalue weighted by atomic mass is 32.2. The molecule has 2 rings (SSSR count). The van der Waals surface area contributed by atoms with E-state index in [1.54, 1.807) is 18.4 Å². The second-order valence-electron chi connectivity index (χ2n) is 3.66. The Morgan fingerprint density at radius 1 is 1.50 bits per heavy atom. The van der Waals surface area contributed by atoms with Crippen molar-refractivity contribution < 1.29 is 8.42 Å². The molecular weight excluding hydrogens is 272 g/mol. The molecule has 0 saturated carbocycles. The molecule has 0 aliphatic rings. The van der Waals surface area contributed by atoms with E-state index in [9.17, 15) is 8.42 Å². The average molecular weight is 284 g/mol. The van der Waals surface area contributed by atoms with Crippen LogP contribution >= 0.6 is 11.3 Å². The maximum Gasteiger partial charge on any atom is 0.265 e. The molecule has 0 fully saturated rings. The molecule has 1 unspecified atom stereocenters. The molecule has 0 aliphatic carbocycles. The van der Waals surface area contributed by atoms with Gasteiger partial charge in [-0.3, -0.25) is 9.71 Å². The van der Waals surface area contributed by atoms with Gasteiger partial charge < -0.3 is 5.73 Å². The lowest BCUT2D eigenvalue weighted by Crippen LogP contribution is -2.13. The van der Waals surface area contributed by atoms with Gasteiger partial charge in [-0.2, -0.15) is 0 Å². The summed E-state index contributed by atoms with van der Waals surface area (Å²) in [6, 6.07) is 2.80. The van der Waals surface area contributed by atoms with Crippen LogP contribution in [0.5, 0.6) is 0 Å². The number of aromatic nitrogens is 2. The van der Waals surface area contributed by atoms with E-state index >= 15 is 0 Å². The lowest BCUT2D eigenvalue weighted by molar-refractivity contribution is 0.600. The first-order valence-corrected chi connectivity index (χ1v) is 7.49. The van der Waals surface area contributed by atoms with Crippen molar-refractivity contribution in [2.24, 2.45) is 5.73 Å². The summed E-state index contributed by atoms with van der Waals surface area (Å²) in [4.78, 5) is 7.97. The van der Waals surface area contributed by atoms with Gasteiger partial charge in [0.05, 0.1) is 5.69 Å². The number of pyridine rings is 1. The zero-order valence-electron chi connectivity index (χ0n) is 9.57. The maximum absolute atomic E-state index is 12.0. The molecule has 18 heavy (non-hydrogen) atoms. The number of hydrogen-bond acceptors (Lipinski definition) is 6. The van der Waals surface area contributed by atoms with Gasteiger partial charge in [0.25, 0.3) is 10.0 Å². The summed E-state index contributed by atoms with van der Waals surface area (Å²) < 4.78 is 26.3. The second kappa shape index (κ2) is 5.01. The number of hydrogen-bond donors (Lipinski definition) is 2. The molecule has 96 valence electrons. The number of sulfonamides is 1. The van der Waals surface area contributed by atoms with E-state index in [2.05, 4.69) is 14.7 Å². The standard InChI is InChI=1S/C10H12N4O2S2/c1-7(11)9-6-17-10(13-9)14-18(15,16)8-3-2-4-12-5-8/h2-7H,11H2,1H3,(H,13,14). The fraction of sp³-hybridized carbons (Fsp3) is 0.200. The summed E-state index contributed by atoms with van der Waals surface area (Å²) in [6.45, 7) is 1.79. The van der Waals surface area contributed by atoms with E-state index in [0.29, 0.717) is 10.8 Å². The van der Waals surface area contributed by atoms with Crippen molar-refractivity contribution in [2.75, 3.05) is 4.72 Å². The van der Waals surface area contributed by atoms with Crippen molar-refractivity contribution in [3.05, 3.63) is 35.6 Å². The highest BCUT2D eigenvalue weighted by Crippen LogP contribution is 2.22. The molecule has 1 atom stereocenters. The molecule has 3 N–H and O–H groups in total. The minimum absolute atomic E-state index is 0.0996. The zero-order valence-corrected chi connectivity index (χ0v) is 11.2. The number of anilines is 1. The summed E-state index contributed by atoms with van der Waals surface area (Å²) in [6.07, 6.45) is 2.79. The summed E-state index contributed by atoms with van der Waals surface area (Å²) in [5.41, 5.74) is 6.32. The van der Waals surface area contributed by atoms with Crippen LogP contribution in [-0.2, 0) is 10.0 Å². The lowest BCUT2D eigenvalue weighted by Gasteiger charge is -2.04. The van der Waals surface area contributed by atoms with Gasteiger partial charge in [-0.25, -0.2) is 13.4 Å². The van der Waals surface area contributed by atoms with Gasteiger partial charge in [-0.1, -0.05) is 0 Å². The number of rotatable bonds is 4. The molecule has 0 saturated heterocycles. The highest BCUT2D eigenvalue weighted by molar-refractivity contribution is 7.93. The van der Waals surface area contributed by atoms with Crippen LogP contribution in [0.2, 0.25) is 0 Å². The van der Waals surface area contributed by atoms with E-state index in [1.165, 1.54) is 29.8 Å². The fourth-order valence-electron chi connectivity index (χ4n) is 1.22. The van der Waals surface area contributed by atoms with Crippen molar-refractivity contribution in [1.29, 1.82) is 0 Å². The first kappa shape index (κ1) is 12.9. The van der Waals surface area contributed by atoms with Gasteiger partial charge in [0.1, 0.15) is 4.90 Å². The Balaban J connectivity index is 2.23. The fourth-order valence-corrected chi connectivity index (χ4v) is 3.25. The summed E-state index contributed by atoms with van der Waals surface area (Å²) in [5.74, 6) is 0. The third-order valence-corrected chi connectivity index (χ3v) is 4.38. The molecule has 0 bridgehead atoms. The van der Waals surface area contributed by atoms with Crippen LogP contribution in [-0.4, -0.2) is 18.4 Å². The zero-order chi connectivity index (χ0) is 13.2. The van der Waals surface area contributed by atoms with Crippen molar-refractivity contribution in [2.45, 2.75) is 17.9 Å². The van der Waals surface area contributed by atoms with Gasteiger partial charge >= 0.3 is 0 Å². The molecule has 0 spiro atoms. The number of nitrogens with two attached hydrogens (primary N) is 1. The average Bonchev–Trinajstić information content (AvgIpc) is 2.78. The second-order valence-corrected chi connectivity index (χ2v) is 6.20. The monoisotopic (exact) mass is 284 g/mol. The summed E-state index contributed by atoms with van der Waals surface area (Å²) in [7, 11) is -3.63. The van der Waals surface area contributed by atoms with Crippen LogP contribution in [0.1, 0.15) is 18.7 Å². The van der Waals surface area contributed by atoms with Gasteiger partial charge in [0.2, 0.25) is 0 Å². The van der Waals surface area contributed by atoms with Crippen LogP contribution in [0.4, 0.5) is 5.13 Å². The van der Waals surface area contributed by atoms with Gasteiger partial charge in [-0.05, 0) is 19.1 Å². The Labute approximate surface area is 109 Å². The van der Waals surface area contributed by atoms with E-state index < -0.39 is 10.0 Å². The summed E-state index contributed by atoms with van der Waals surface area (Å²) in [5, 5.41) is 2.03. The maximum atomic E-state index is 12.0. The van der Waals surface area contributed by atoms with Gasteiger partial charge in [-0.15, -0.1) is 11.3 Å². The van der Waals surface area contributed by atoms with Crippen molar-refractivity contribution >= 4 is 26.5 Å². The highest BCUT2D eigenvalue weighted by Gasteiger charge is 2.16. The Bertz CT molecular complexity index is 622.